The first kappa shape index (κ1) is 20.4. The van der Waals surface area contributed by atoms with Crippen LogP contribution in [0.25, 0.3) is 11.0 Å². The quantitative estimate of drug-likeness (QED) is 0.555. The summed E-state index contributed by atoms with van der Waals surface area (Å²) in [6, 6.07) is 7.12. The number of aryl methyl sites for hydroxylation is 1. The number of rotatable bonds is 7. The minimum Gasteiger partial charge on any atom is -0.492 e. The van der Waals surface area contributed by atoms with Crippen LogP contribution >= 0.6 is 23.2 Å². The maximum absolute atomic E-state index is 12.5. The fourth-order valence-corrected chi connectivity index (χ4v) is 3.28. The van der Waals surface area contributed by atoms with Crippen molar-refractivity contribution in [1.29, 1.82) is 0 Å². The smallest absolute Gasteiger partial charge is 0.253 e. The van der Waals surface area contributed by atoms with Gasteiger partial charge in [0.15, 0.2) is 5.65 Å². The van der Waals surface area contributed by atoms with Crippen molar-refractivity contribution >= 4 is 40.1 Å². The standard InChI is InChI=1S/C20H22Cl2N4O2/c1-12(2)26-19-14(11-24-26)9-16(13(3)25-19)20(27)23-7-4-8-28-18-6-5-15(21)10-17(18)22/h5-6,9-12H,4,7-8H2,1-3H3,(H,23,27). The monoisotopic (exact) mass is 420 g/mol. The van der Waals surface area contributed by atoms with E-state index in [-0.39, 0.29) is 11.9 Å². The number of ether oxygens (including phenoxy) is 1. The molecule has 1 aromatic carbocycles. The maximum Gasteiger partial charge on any atom is 0.253 e. The van der Waals surface area contributed by atoms with Crippen molar-refractivity contribution in [2.45, 2.75) is 33.2 Å². The third-order valence-electron chi connectivity index (χ3n) is 4.25. The predicted octanol–water partition coefficient (Wildman–Crippen LogP) is 4.83. The number of fused-ring (bicyclic) bond motifs is 1. The Bertz CT molecular complexity index is 1000. The second-order valence-corrected chi connectivity index (χ2v) is 7.59. The maximum atomic E-state index is 12.5. The highest BCUT2D eigenvalue weighted by Gasteiger charge is 2.15. The third kappa shape index (κ3) is 4.56. The molecule has 0 saturated heterocycles. The number of pyridine rings is 1. The highest BCUT2D eigenvalue weighted by Crippen LogP contribution is 2.27. The van der Waals surface area contributed by atoms with Gasteiger partial charge in [-0.05, 0) is 51.5 Å². The molecule has 148 valence electrons. The molecule has 0 atom stereocenters. The number of nitrogens with zero attached hydrogens (tertiary/aromatic N) is 3. The molecule has 0 unspecified atom stereocenters. The molecule has 2 aromatic heterocycles. The molecule has 1 N–H and O–H groups in total. The van der Waals surface area contributed by atoms with Gasteiger partial charge in [-0.2, -0.15) is 5.10 Å². The average Bonchev–Trinajstić information content (AvgIpc) is 3.05. The van der Waals surface area contributed by atoms with Gasteiger partial charge in [0.2, 0.25) is 0 Å². The molecule has 0 radical (unpaired) electrons. The summed E-state index contributed by atoms with van der Waals surface area (Å²) in [7, 11) is 0. The number of aromatic nitrogens is 3. The molecule has 28 heavy (non-hydrogen) atoms. The minimum atomic E-state index is -0.159. The summed E-state index contributed by atoms with van der Waals surface area (Å²) in [6.45, 7) is 6.83. The molecular weight excluding hydrogens is 399 g/mol. The first-order valence-corrected chi connectivity index (χ1v) is 9.83. The summed E-state index contributed by atoms with van der Waals surface area (Å²) in [6.07, 6.45) is 2.38. The van der Waals surface area contributed by atoms with E-state index in [2.05, 4.69) is 15.4 Å². The first-order chi connectivity index (χ1) is 13.4. The summed E-state index contributed by atoms with van der Waals surface area (Å²) in [5.74, 6) is 0.416. The van der Waals surface area contributed by atoms with Crippen LogP contribution < -0.4 is 10.1 Å². The van der Waals surface area contributed by atoms with E-state index in [9.17, 15) is 4.79 Å². The third-order valence-corrected chi connectivity index (χ3v) is 4.78. The van der Waals surface area contributed by atoms with Crippen LogP contribution in [0.3, 0.4) is 0 Å². The normalized spacial score (nSPS) is 11.2. The molecule has 2 heterocycles. The van der Waals surface area contributed by atoms with E-state index in [1.165, 1.54) is 0 Å². The molecule has 0 fully saturated rings. The van der Waals surface area contributed by atoms with Crippen molar-refractivity contribution in [3.05, 3.63) is 51.8 Å². The van der Waals surface area contributed by atoms with Crippen LogP contribution in [0.15, 0.2) is 30.5 Å². The van der Waals surface area contributed by atoms with Gasteiger partial charge >= 0.3 is 0 Å². The summed E-state index contributed by atoms with van der Waals surface area (Å²) in [5, 5.41) is 9.13. The summed E-state index contributed by atoms with van der Waals surface area (Å²) in [4.78, 5) is 17.1. The van der Waals surface area contributed by atoms with Crippen LogP contribution in [-0.4, -0.2) is 33.8 Å². The van der Waals surface area contributed by atoms with Crippen molar-refractivity contribution in [2.24, 2.45) is 0 Å². The van der Waals surface area contributed by atoms with Gasteiger partial charge in [0.05, 0.1) is 29.1 Å². The van der Waals surface area contributed by atoms with Gasteiger partial charge in [0, 0.05) is 23.0 Å². The topological polar surface area (TPSA) is 69.0 Å². The Kier molecular flexibility index (Phi) is 6.42. The Morgan fingerprint density at radius 2 is 2.07 bits per heavy atom. The van der Waals surface area contributed by atoms with E-state index < -0.39 is 0 Å². The zero-order chi connectivity index (χ0) is 20.3. The lowest BCUT2D eigenvalue weighted by Crippen LogP contribution is -2.26. The van der Waals surface area contributed by atoms with Crippen molar-refractivity contribution < 1.29 is 9.53 Å². The lowest BCUT2D eigenvalue weighted by Gasteiger charge is -2.11. The zero-order valence-corrected chi connectivity index (χ0v) is 17.5. The van der Waals surface area contributed by atoms with Crippen molar-refractivity contribution in [3.63, 3.8) is 0 Å². The van der Waals surface area contributed by atoms with Gasteiger partial charge in [-0.1, -0.05) is 23.2 Å². The van der Waals surface area contributed by atoms with Gasteiger partial charge < -0.3 is 10.1 Å². The molecular formula is C20H22Cl2N4O2. The second-order valence-electron chi connectivity index (χ2n) is 6.75. The Hall–Kier alpha value is -2.31. The van der Waals surface area contributed by atoms with Crippen molar-refractivity contribution in [3.8, 4) is 5.75 Å². The van der Waals surface area contributed by atoms with E-state index >= 15 is 0 Å². The largest absolute Gasteiger partial charge is 0.492 e. The molecule has 0 aliphatic heterocycles. The fraction of sp³-hybridized carbons (Fsp3) is 0.350. The number of nitrogens with one attached hydrogen (secondary N) is 1. The van der Waals surface area contributed by atoms with E-state index in [1.54, 1.807) is 24.4 Å². The van der Waals surface area contributed by atoms with Crippen LogP contribution in [0.2, 0.25) is 10.0 Å². The lowest BCUT2D eigenvalue weighted by atomic mass is 10.1. The molecule has 6 nitrogen and oxygen atoms in total. The Labute approximate surface area is 173 Å². The minimum absolute atomic E-state index is 0.159. The van der Waals surface area contributed by atoms with Gasteiger partial charge in [0.25, 0.3) is 5.91 Å². The number of hydrogen-bond donors (Lipinski definition) is 1. The molecule has 1 amide bonds. The SMILES string of the molecule is Cc1nc2c(cnn2C(C)C)cc1C(=O)NCCCOc1ccc(Cl)cc1Cl. The van der Waals surface area contributed by atoms with Crippen LogP contribution in [0.1, 0.15) is 42.4 Å². The second kappa shape index (κ2) is 8.80. The number of benzene rings is 1. The molecule has 0 aliphatic carbocycles. The van der Waals surface area contributed by atoms with E-state index in [1.807, 2.05) is 31.5 Å². The van der Waals surface area contributed by atoms with Crippen LogP contribution in [-0.2, 0) is 0 Å². The Balaban J connectivity index is 1.55. The summed E-state index contributed by atoms with van der Waals surface area (Å²) < 4.78 is 7.47. The van der Waals surface area contributed by atoms with Gasteiger partial charge in [-0.25, -0.2) is 9.67 Å². The highest BCUT2D eigenvalue weighted by molar-refractivity contribution is 6.35. The lowest BCUT2D eigenvalue weighted by molar-refractivity contribution is 0.0950. The van der Waals surface area contributed by atoms with Gasteiger partial charge in [0.1, 0.15) is 5.75 Å². The molecule has 0 bridgehead atoms. The van der Waals surface area contributed by atoms with Crippen LogP contribution in [0.5, 0.6) is 5.75 Å². The fourth-order valence-electron chi connectivity index (χ4n) is 2.82. The number of carbonyl (C=O) groups excluding carboxylic acids is 1. The van der Waals surface area contributed by atoms with Crippen LogP contribution in [0, 0.1) is 6.92 Å². The Morgan fingerprint density at radius 1 is 1.29 bits per heavy atom. The molecule has 0 spiro atoms. The van der Waals surface area contributed by atoms with Gasteiger partial charge in [-0.3, -0.25) is 4.79 Å². The van der Waals surface area contributed by atoms with Crippen molar-refractivity contribution in [1.82, 2.24) is 20.1 Å². The zero-order valence-electron chi connectivity index (χ0n) is 16.0. The number of amides is 1. The highest BCUT2D eigenvalue weighted by atomic mass is 35.5. The number of halogens is 2. The summed E-state index contributed by atoms with van der Waals surface area (Å²) >= 11 is 11.9. The van der Waals surface area contributed by atoms with E-state index in [0.717, 1.165) is 11.0 Å². The van der Waals surface area contributed by atoms with Crippen LogP contribution in [0.4, 0.5) is 0 Å². The van der Waals surface area contributed by atoms with E-state index in [0.29, 0.717) is 46.6 Å². The summed E-state index contributed by atoms with van der Waals surface area (Å²) in [5.41, 5.74) is 2.02. The van der Waals surface area contributed by atoms with E-state index in [4.69, 9.17) is 27.9 Å². The number of carbonyl (C=O) groups is 1. The predicted molar refractivity (Wildman–Crippen MR) is 112 cm³/mol. The molecule has 3 aromatic rings. The first-order valence-electron chi connectivity index (χ1n) is 9.07. The molecule has 0 aliphatic rings. The molecule has 0 saturated carbocycles. The molecule has 8 heteroatoms. The number of hydrogen-bond acceptors (Lipinski definition) is 4. The van der Waals surface area contributed by atoms with Gasteiger partial charge in [-0.15, -0.1) is 0 Å². The Morgan fingerprint density at radius 3 is 2.79 bits per heavy atom. The average molecular weight is 421 g/mol. The van der Waals surface area contributed by atoms with Crippen molar-refractivity contribution in [2.75, 3.05) is 13.2 Å². The molecule has 3 rings (SSSR count).